The summed E-state index contributed by atoms with van der Waals surface area (Å²) in [5.41, 5.74) is 3.10. The van der Waals surface area contributed by atoms with Crippen molar-refractivity contribution in [2.24, 2.45) is 0 Å². The third kappa shape index (κ3) is 5.61. The van der Waals surface area contributed by atoms with E-state index in [0.717, 1.165) is 21.9 Å². The molecule has 0 saturated carbocycles. The number of ether oxygens (including phenoxy) is 1. The van der Waals surface area contributed by atoms with E-state index in [1.807, 2.05) is 67.2 Å². The summed E-state index contributed by atoms with van der Waals surface area (Å²) >= 11 is 1.49. The Hall–Kier alpha value is -2.25. The molecule has 3 rings (SSSR count). The topological polar surface area (TPSA) is 55.1 Å². The van der Waals surface area contributed by atoms with Gasteiger partial charge >= 0.3 is 0 Å². The van der Waals surface area contributed by atoms with Gasteiger partial charge in [0.05, 0.1) is 19.2 Å². The van der Waals surface area contributed by atoms with E-state index in [1.54, 1.807) is 7.11 Å². The Morgan fingerprint density at radius 3 is 2.44 bits per heavy atom. The Balaban J connectivity index is 0.00000261. The van der Waals surface area contributed by atoms with E-state index < -0.39 is 0 Å². The van der Waals surface area contributed by atoms with Crippen LogP contribution in [0.5, 0.6) is 5.75 Å². The van der Waals surface area contributed by atoms with E-state index in [9.17, 15) is 4.79 Å². The summed E-state index contributed by atoms with van der Waals surface area (Å²) < 4.78 is 7.19. The molecule has 0 saturated heterocycles. The monoisotopic (exact) mass is 447 g/mol. The minimum absolute atomic E-state index is 0. The van der Waals surface area contributed by atoms with E-state index in [-0.39, 0.29) is 22.9 Å². The molecule has 1 amide bonds. The van der Waals surface area contributed by atoms with Crippen molar-refractivity contribution in [2.45, 2.75) is 26.8 Å². The smallest absolute Gasteiger partial charge is 0.232 e. The first-order chi connectivity index (χ1) is 12.5. The van der Waals surface area contributed by atoms with Crippen LogP contribution in [0.4, 0.5) is 5.13 Å². The fourth-order valence-electron chi connectivity index (χ4n) is 2.56. The molecule has 0 aliphatic heterocycles. The maximum Gasteiger partial charge on any atom is 0.232 e. The van der Waals surface area contributed by atoms with E-state index >= 15 is 0 Å². The van der Waals surface area contributed by atoms with Crippen molar-refractivity contribution in [1.29, 1.82) is 0 Å². The van der Waals surface area contributed by atoms with Crippen molar-refractivity contribution in [3.05, 3.63) is 59.2 Å². The largest absolute Gasteiger partial charge is 1.00 e. The molecule has 3 aromatic rings. The molecule has 0 unspecified atom stereocenters. The lowest BCUT2D eigenvalue weighted by Crippen LogP contribution is -3.00. The minimum Gasteiger partial charge on any atom is -1.00 e. The average Bonchev–Trinajstić information content (AvgIpc) is 3.01. The van der Waals surface area contributed by atoms with Crippen molar-refractivity contribution < 1.29 is 31.1 Å². The number of halogens is 1. The molecule has 142 valence electrons. The molecule has 2 aromatic heterocycles. The number of aromatic nitrogens is 2. The quantitative estimate of drug-likeness (QED) is 0.567. The number of carbonyl (C=O) groups excluding carboxylic acids is 1. The zero-order valence-corrected chi connectivity index (χ0v) is 17.9. The van der Waals surface area contributed by atoms with Crippen LogP contribution in [0.15, 0.2) is 48.8 Å². The highest BCUT2D eigenvalue weighted by Crippen LogP contribution is 2.31. The number of nitrogens with one attached hydrogen (secondary N) is 1. The average molecular weight is 448 g/mol. The van der Waals surface area contributed by atoms with Gasteiger partial charge in [-0.25, -0.2) is 9.55 Å². The van der Waals surface area contributed by atoms with Crippen molar-refractivity contribution in [3.63, 3.8) is 0 Å². The number of aryl methyl sites for hydroxylation is 3. The molecular weight excluding hydrogens is 426 g/mol. The highest BCUT2D eigenvalue weighted by atomic mass is 79.9. The predicted octanol–water partition coefficient (Wildman–Crippen LogP) is 0.756. The second-order valence-electron chi connectivity index (χ2n) is 6.06. The first kappa shape index (κ1) is 21.1. The number of carbonyl (C=O) groups is 1. The molecule has 2 heterocycles. The first-order valence-electron chi connectivity index (χ1n) is 8.42. The fraction of sp³-hybridized carbons (Fsp3) is 0.250. The number of hydrogen-bond acceptors (Lipinski definition) is 4. The highest BCUT2D eigenvalue weighted by molar-refractivity contribution is 7.16. The number of hydrogen-bond donors (Lipinski definition) is 1. The van der Waals surface area contributed by atoms with E-state index in [2.05, 4.69) is 10.3 Å². The third-order valence-electron chi connectivity index (χ3n) is 4.06. The van der Waals surface area contributed by atoms with Crippen LogP contribution in [0.3, 0.4) is 0 Å². The van der Waals surface area contributed by atoms with Crippen LogP contribution in [0.25, 0.3) is 11.3 Å². The van der Waals surface area contributed by atoms with Crippen molar-refractivity contribution in [3.8, 4) is 17.0 Å². The van der Waals surface area contributed by atoms with Gasteiger partial charge in [-0.1, -0.05) is 0 Å². The van der Waals surface area contributed by atoms with Crippen molar-refractivity contribution in [1.82, 2.24) is 4.98 Å². The fourth-order valence-corrected chi connectivity index (χ4v) is 3.41. The lowest BCUT2D eigenvalue weighted by Gasteiger charge is -2.02. The van der Waals surface area contributed by atoms with Crippen molar-refractivity contribution >= 4 is 22.4 Å². The van der Waals surface area contributed by atoms with Gasteiger partial charge in [0.2, 0.25) is 5.91 Å². The lowest BCUT2D eigenvalue weighted by atomic mass is 10.1. The number of methoxy groups -OCH3 is 1. The van der Waals surface area contributed by atoms with Gasteiger partial charge in [-0.3, -0.25) is 4.79 Å². The SMILES string of the molecule is COc1ccc(-c2nc(NC(=O)CC[n+]3ccc(C)cc3)sc2C)cc1.[Br-]. The zero-order chi connectivity index (χ0) is 18.5. The molecule has 0 atom stereocenters. The number of thiazole rings is 1. The van der Waals surface area contributed by atoms with Crippen molar-refractivity contribution in [2.75, 3.05) is 12.4 Å². The number of anilines is 1. The molecule has 7 heteroatoms. The third-order valence-corrected chi connectivity index (χ3v) is 4.95. The number of benzene rings is 1. The molecule has 0 aliphatic rings. The summed E-state index contributed by atoms with van der Waals surface area (Å²) in [7, 11) is 1.64. The van der Waals surface area contributed by atoms with Crippen LogP contribution in [-0.2, 0) is 11.3 Å². The van der Waals surface area contributed by atoms with Gasteiger partial charge < -0.3 is 27.0 Å². The van der Waals surface area contributed by atoms with Crippen LogP contribution in [-0.4, -0.2) is 18.0 Å². The van der Waals surface area contributed by atoms with Crippen LogP contribution >= 0.6 is 11.3 Å². The molecule has 0 spiro atoms. The Bertz CT molecular complexity index is 893. The van der Waals surface area contributed by atoms with Crippen LogP contribution in [0, 0.1) is 13.8 Å². The Labute approximate surface area is 173 Å². The molecule has 0 aliphatic carbocycles. The summed E-state index contributed by atoms with van der Waals surface area (Å²) in [5.74, 6) is 0.775. The Kier molecular flexibility index (Phi) is 7.50. The summed E-state index contributed by atoms with van der Waals surface area (Å²) in [5, 5.41) is 3.54. The number of pyridine rings is 1. The molecule has 0 radical (unpaired) electrons. The van der Waals surface area contributed by atoms with Crippen LogP contribution in [0.2, 0.25) is 0 Å². The van der Waals surface area contributed by atoms with E-state index in [1.165, 1.54) is 16.9 Å². The molecule has 0 bridgehead atoms. The molecular formula is C20H22BrN3O2S. The summed E-state index contributed by atoms with van der Waals surface area (Å²) in [6.45, 7) is 4.69. The maximum absolute atomic E-state index is 12.2. The Morgan fingerprint density at radius 1 is 1.15 bits per heavy atom. The number of amides is 1. The minimum atomic E-state index is -0.0342. The van der Waals surface area contributed by atoms with Gasteiger partial charge in [-0.15, -0.1) is 11.3 Å². The second kappa shape index (κ2) is 9.62. The van der Waals surface area contributed by atoms with Gasteiger partial charge in [-0.2, -0.15) is 0 Å². The maximum atomic E-state index is 12.2. The van der Waals surface area contributed by atoms with Gasteiger partial charge in [-0.05, 0) is 43.7 Å². The normalized spacial score (nSPS) is 10.2. The first-order valence-corrected chi connectivity index (χ1v) is 9.24. The van der Waals surface area contributed by atoms with Gasteiger partial charge in [0.1, 0.15) is 5.75 Å². The molecule has 27 heavy (non-hydrogen) atoms. The van der Waals surface area contributed by atoms with E-state index in [4.69, 9.17) is 4.74 Å². The molecule has 0 fully saturated rings. The molecule has 1 N–H and O–H groups in total. The van der Waals surface area contributed by atoms with Crippen LogP contribution in [0.1, 0.15) is 16.9 Å². The summed E-state index contributed by atoms with van der Waals surface area (Å²) in [6, 6.07) is 11.8. The zero-order valence-electron chi connectivity index (χ0n) is 15.5. The Morgan fingerprint density at radius 2 is 1.81 bits per heavy atom. The number of nitrogens with zero attached hydrogens (tertiary/aromatic N) is 2. The highest BCUT2D eigenvalue weighted by Gasteiger charge is 2.13. The summed E-state index contributed by atoms with van der Waals surface area (Å²) in [4.78, 5) is 17.9. The van der Waals surface area contributed by atoms with E-state index in [0.29, 0.717) is 18.1 Å². The van der Waals surface area contributed by atoms with Gasteiger partial charge in [0, 0.05) is 22.6 Å². The van der Waals surface area contributed by atoms with Gasteiger partial charge in [0.15, 0.2) is 24.1 Å². The summed E-state index contributed by atoms with van der Waals surface area (Å²) in [6.07, 6.45) is 4.38. The van der Waals surface area contributed by atoms with Crippen LogP contribution < -0.4 is 31.6 Å². The standard InChI is InChI=1S/C20H21N3O2S.BrH/c1-14-8-11-23(12-9-14)13-10-18(24)21-20-22-19(15(2)26-20)16-4-6-17(25-3)7-5-16;/h4-9,11-12H,10,13H2,1-3H3;1H. The second-order valence-corrected chi connectivity index (χ2v) is 7.27. The number of rotatable bonds is 6. The van der Waals surface area contributed by atoms with Gasteiger partial charge in [0.25, 0.3) is 0 Å². The predicted molar refractivity (Wildman–Crippen MR) is 103 cm³/mol. The lowest BCUT2D eigenvalue weighted by molar-refractivity contribution is -0.695. The molecule has 5 nitrogen and oxygen atoms in total. The molecule has 1 aromatic carbocycles.